The molecule has 5 nitrogen and oxygen atoms in total. The van der Waals surface area contributed by atoms with E-state index in [9.17, 15) is 9.59 Å². The Hall–Kier alpha value is -2.82. The molecule has 0 saturated heterocycles. The molecule has 0 aliphatic rings. The van der Waals surface area contributed by atoms with Crippen molar-refractivity contribution in [3.05, 3.63) is 53.6 Å². The van der Waals surface area contributed by atoms with Crippen LogP contribution in [0, 0.1) is 13.8 Å². The van der Waals surface area contributed by atoms with E-state index in [1.165, 1.54) is 0 Å². The highest BCUT2D eigenvalue weighted by atomic mass is 16.5. The molecule has 2 aromatic carbocycles. The molecule has 5 heteroatoms. The summed E-state index contributed by atoms with van der Waals surface area (Å²) in [6, 6.07) is 12.7. The number of hydrogen-bond donors (Lipinski definition) is 2. The maximum absolute atomic E-state index is 12.0. The van der Waals surface area contributed by atoms with Crippen LogP contribution >= 0.6 is 0 Å². The van der Waals surface area contributed by atoms with Gasteiger partial charge in [0.25, 0.3) is 0 Å². The second-order valence-corrected chi connectivity index (χ2v) is 5.27. The molecule has 0 unspecified atom stereocenters. The van der Waals surface area contributed by atoms with Gasteiger partial charge in [0, 0.05) is 17.4 Å². The van der Waals surface area contributed by atoms with Crippen molar-refractivity contribution in [3.8, 4) is 5.75 Å². The Morgan fingerprint density at radius 2 is 1.57 bits per heavy atom. The molecular weight excluding hydrogens is 292 g/mol. The predicted octanol–water partition coefficient (Wildman–Crippen LogP) is 3.28. The van der Waals surface area contributed by atoms with Gasteiger partial charge in [-0.25, -0.2) is 0 Å². The first-order chi connectivity index (χ1) is 11.0. The number of amides is 2. The van der Waals surface area contributed by atoms with Gasteiger partial charge in [-0.15, -0.1) is 0 Å². The summed E-state index contributed by atoms with van der Waals surface area (Å²) < 4.78 is 5.09. The molecule has 0 radical (unpaired) electrons. The zero-order chi connectivity index (χ0) is 16.8. The number of para-hydroxylation sites is 1. The summed E-state index contributed by atoms with van der Waals surface area (Å²) in [5.74, 6) is -0.0763. The molecular formula is C18H20N2O3. The van der Waals surface area contributed by atoms with E-state index < -0.39 is 0 Å². The number of hydrogen-bond acceptors (Lipinski definition) is 3. The molecule has 2 rings (SSSR count). The van der Waals surface area contributed by atoms with Gasteiger partial charge in [-0.2, -0.15) is 0 Å². The summed E-state index contributed by atoms with van der Waals surface area (Å²) >= 11 is 0. The molecule has 0 saturated carbocycles. The van der Waals surface area contributed by atoms with Crippen molar-refractivity contribution in [1.82, 2.24) is 0 Å². The van der Waals surface area contributed by atoms with Gasteiger partial charge in [0.1, 0.15) is 12.2 Å². The van der Waals surface area contributed by atoms with E-state index in [4.69, 9.17) is 4.74 Å². The fourth-order valence-electron chi connectivity index (χ4n) is 2.25. The van der Waals surface area contributed by atoms with Crippen molar-refractivity contribution in [2.75, 3.05) is 17.7 Å². The van der Waals surface area contributed by atoms with E-state index in [2.05, 4.69) is 10.6 Å². The van der Waals surface area contributed by atoms with Crippen LogP contribution in [0.1, 0.15) is 17.5 Å². The van der Waals surface area contributed by atoms with E-state index in [1.807, 2.05) is 32.0 Å². The maximum atomic E-state index is 12.0. The number of benzene rings is 2. The number of ether oxygens (including phenoxy) is 1. The van der Waals surface area contributed by atoms with Gasteiger partial charge < -0.3 is 15.4 Å². The fourth-order valence-corrected chi connectivity index (χ4v) is 2.25. The van der Waals surface area contributed by atoms with Crippen molar-refractivity contribution >= 4 is 23.2 Å². The molecule has 2 N–H and O–H groups in total. The van der Waals surface area contributed by atoms with Gasteiger partial charge in [0.2, 0.25) is 11.8 Å². The van der Waals surface area contributed by atoms with Crippen LogP contribution in [0.5, 0.6) is 5.75 Å². The molecule has 0 bridgehead atoms. The number of rotatable bonds is 5. The smallest absolute Gasteiger partial charge is 0.233 e. The van der Waals surface area contributed by atoms with Crippen LogP contribution in [-0.4, -0.2) is 18.9 Å². The first-order valence-corrected chi connectivity index (χ1v) is 7.29. The van der Waals surface area contributed by atoms with Crippen LogP contribution in [-0.2, 0) is 9.59 Å². The normalized spacial score (nSPS) is 10.0. The lowest BCUT2D eigenvalue weighted by molar-refractivity contribution is -0.123. The maximum Gasteiger partial charge on any atom is 0.233 e. The lowest BCUT2D eigenvalue weighted by atomic mass is 10.1. The van der Waals surface area contributed by atoms with Crippen LogP contribution in [0.3, 0.4) is 0 Å². The van der Waals surface area contributed by atoms with E-state index in [1.54, 1.807) is 31.4 Å². The minimum atomic E-state index is -0.373. The number of aryl methyl sites for hydroxylation is 2. The van der Waals surface area contributed by atoms with Gasteiger partial charge in [-0.1, -0.05) is 24.3 Å². The fraction of sp³-hybridized carbons (Fsp3) is 0.222. The van der Waals surface area contributed by atoms with Gasteiger partial charge in [-0.3, -0.25) is 9.59 Å². The van der Waals surface area contributed by atoms with Crippen molar-refractivity contribution in [3.63, 3.8) is 0 Å². The number of carbonyl (C=O) groups excluding carboxylic acids is 2. The third-order valence-corrected chi connectivity index (χ3v) is 3.42. The largest absolute Gasteiger partial charge is 0.497 e. The van der Waals surface area contributed by atoms with E-state index in [0.717, 1.165) is 16.8 Å². The second kappa shape index (κ2) is 7.45. The highest BCUT2D eigenvalue weighted by Gasteiger charge is 2.12. The molecule has 120 valence electrons. The Kier molecular flexibility index (Phi) is 5.36. The summed E-state index contributed by atoms with van der Waals surface area (Å²) in [5.41, 5.74) is 3.28. The first kappa shape index (κ1) is 16.5. The lowest BCUT2D eigenvalue weighted by Crippen LogP contribution is -2.22. The number of carbonyl (C=O) groups is 2. The van der Waals surface area contributed by atoms with Crippen molar-refractivity contribution in [2.45, 2.75) is 20.3 Å². The third kappa shape index (κ3) is 4.57. The van der Waals surface area contributed by atoms with Crippen LogP contribution in [0.4, 0.5) is 11.4 Å². The Bertz CT molecular complexity index is 706. The number of anilines is 2. The topological polar surface area (TPSA) is 67.4 Å². The Balaban J connectivity index is 1.96. The summed E-state index contributed by atoms with van der Waals surface area (Å²) in [6.07, 6.45) is -0.245. The minimum Gasteiger partial charge on any atom is -0.497 e. The third-order valence-electron chi connectivity index (χ3n) is 3.42. The number of nitrogens with one attached hydrogen (secondary N) is 2. The van der Waals surface area contributed by atoms with Gasteiger partial charge in [0.05, 0.1) is 7.11 Å². The van der Waals surface area contributed by atoms with E-state index >= 15 is 0 Å². The first-order valence-electron chi connectivity index (χ1n) is 7.29. The molecule has 0 aliphatic carbocycles. The zero-order valence-corrected chi connectivity index (χ0v) is 13.5. The van der Waals surface area contributed by atoms with Crippen molar-refractivity contribution in [1.29, 1.82) is 0 Å². The van der Waals surface area contributed by atoms with Gasteiger partial charge in [-0.05, 0) is 37.1 Å². The summed E-state index contributed by atoms with van der Waals surface area (Å²) in [5, 5.41) is 5.48. The van der Waals surface area contributed by atoms with E-state index in [-0.39, 0.29) is 18.2 Å². The average molecular weight is 312 g/mol. The molecule has 0 aromatic heterocycles. The quantitative estimate of drug-likeness (QED) is 0.833. The monoisotopic (exact) mass is 312 g/mol. The standard InChI is InChI=1S/C18H20N2O3/c1-12-6-4-7-13(2)18(12)20-17(22)11-16(21)19-14-8-5-9-15(10-14)23-3/h4-10H,11H2,1-3H3,(H,19,21)(H,20,22). The molecule has 2 amide bonds. The highest BCUT2D eigenvalue weighted by Crippen LogP contribution is 2.20. The van der Waals surface area contributed by atoms with Crippen LogP contribution < -0.4 is 15.4 Å². The number of methoxy groups -OCH3 is 1. The lowest BCUT2D eigenvalue weighted by Gasteiger charge is -2.11. The Morgan fingerprint density at radius 1 is 0.957 bits per heavy atom. The predicted molar refractivity (Wildman–Crippen MR) is 90.8 cm³/mol. The molecule has 0 heterocycles. The molecule has 0 atom stereocenters. The van der Waals surface area contributed by atoms with Crippen molar-refractivity contribution < 1.29 is 14.3 Å². The van der Waals surface area contributed by atoms with Gasteiger partial charge >= 0.3 is 0 Å². The second-order valence-electron chi connectivity index (χ2n) is 5.27. The summed E-state index contributed by atoms with van der Waals surface area (Å²) in [7, 11) is 1.55. The minimum absolute atomic E-state index is 0.245. The molecule has 0 aliphatic heterocycles. The average Bonchev–Trinajstić information content (AvgIpc) is 2.51. The zero-order valence-electron chi connectivity index (χ0n) is 13.5. The van der Waals surface area contributed by atoms with Crippen LogP contribution in [0.15, 0.2) is 42.5 Å². The Labute approximate surface area is 135 Å². The SMILES string of the molecule is COc1cccc(NC(=O)CC(=O)Nc2c(C)cccc2C)c1. The van der Waals surface area contributed by atoms with Crippen LogP contribution in [0.25, 0.3) is 0 Å². The summed E-state index contributed by atoms with van der Waals surface area (Å²) in [4.78, 5) is 24.0. The molecule has 23 heavy (non-hydrogen) atoms. The molecule has 0 fully saturated rings. The summed E-state index contributed by atoms with van der Waals surface area (Å²) in [6.45, 7) is 3.83. The Morgan fingerprint density at radius 3 is 2.22 bits per heavy atom. The molecule has 2 aromatic rings. The molecule has 0 spiro atoms. The van der Waals surface area contributed by atoms with E-state index in [0.29, 0.717) is 11.4 Å². The van der Waals surface area contributed by atoms with Crippen LogP contribution in [0.2, 0.25) is 0 Å². The van der Waals surface area contributed by atoms with Gasteiger partial charge in [0.15, 0.2) is 0 Å². The highest BCUT2D eigenvalue weighted by molar-refractivity contribution is 6.08. The van der Waals surface area contributed by atoms with Crippen molar-refractivity contribution in [2.24, 2.45) is 0 Å².